The van der Waals surface area contributed by atoms with Gasteiger partial charge in [-0.2, -0.15) is 0 Å². The highest BCUT2D eigenvalue weighted by atomic mass is 79.9. The van der Waals surface area contributed by atoms with Crippen molar-refractivity contribution in [2.75, 3.05) is 0 Å². The molecule has 1 amide bonds. The van der Waals surface area contributed by atoms with Gasteiger partial charge in [0.1, 0.15) is 11.4 Å². The van der Waals surface area contributed by atoms with Crippen LogP contribution in [0.1, 0.15) is 43.0 Å². The summed E-state index contributed by atoms with van der Waals surface area (Å²) in [7, 11) is 0. The van der Waals surface area contributed by atoms with Crippen molar-refractivity contribution in [3.8, 4) is 5.75 Å². The van der Waals surface area contributed by atoms with Crippen LogP contribution in [0.15, 0.2) is 46.9 Å². The fourth-order valence-corrected chi connectivity index (χ4v) is 3.61. The van der Waals surface area contributed by atoms with E-state index in [2.05, 4.69) is 47.2 Å². The number of nitrogens with one attached hydrogen (secondary N) is 1. The number of rotatable bonds is 3. The minimum atomic E-state index is -0.297. The predicted molar refractivity (Wildman–Crippen MR) is 99.2 cm³/mol. The van der Waals surface area contributed by atoms with Crippen LogP contribution in [0.3, 0.4) is 0 Å². The highest BCUT2D eigenvalue weighted by molar-refractivity contribution is 9.10. The molecule has 0 fully saturated rings. The molecule has 0 spiro atoms. The lowest BCUT2D eigenvalue weighted by Gasteiger charge is -2.38. The molecule has 3 nitrogen and oxygen atoms in total. The molecule has 0 bridgehead atoms. The second-order valence-corrected chi connectivity index (χ2v) is 7.95. The van der Waals surface area contributed by atoms with Gasteiger partial charge in [-0.3, -0.25) is 4.79 Å². The first-order valence-electron chi connectivity index (χ1n) is 8.16. The van der Waals surface area contributed by atoms with Gasteiger partial charge in [0, 0.05) is 16.5 Å². The van der Waals surface area contributed by atoms with Crippen molar-refractivity contribution in [1.29, 1.82) is 0 Å². The number of aryl methyl sites for hydroxylation is 1. The van der Waals surface area contributed by atoms with Crippen LogP contribution in [-0.2, 0) is 11.2 Å². The van der Waals surface area contributed by atoms with Crippen LogP contribution in [0.5, 0.6) is 5.75 Å². The predicted octanol–water partition coefficient (Wildman–Crippen LogP) is 4.72. The summed E-state index contributed by atoms with van der Waals surface area (Å²) in [6.45, 7) is 6.17. The van der Waals surface area contributed by atoms with Gasteiger partial charge in [0.25, 0.3) is 0 Å². The van der Waals surface area contributed by atoms with Gasteiger partial charge in [-0.25, -0.2) is 0 Å². The first-order chi connectivity index (χ1) is 11.3. The van der Waals surface area contributed by atoms with Crippen molar-refractivity contribution in [3.63, 3.8) is 0 Å². The zero-order chi connectivity index (χ0) is 17.3. The first kappa shape index (κ1) is 17.0. The molecular formula is C20H22BrNO2. The highest BCUT2D eigenvalue weighted by Gasteiger charge is 2.34. The summed E-state index contributed by atoms with van der Waals surface area (Å²) in [5.74, 6) is 0.904. The van der Waals surface area contributed by atoms with Crippen molar-refractivity contribution in [2.24, 2.45) is 0 Å². The molecule has 0 radical (unpaired) electrons. The number of ether oxygens (including phenoxy) is 1. The number of hydrogen-bond donors (Lipinski definition) is 1. The van der Waals surface area contributed by atoms with Crippen LogP contribution in [0, 0.1) is 6.92 Å². The zero-order valence-electron chi connectivity index (χ0n) is 14.2. The average Bonchev–Trinajstić information content (AvgIpc) is 2.45. The smallest absolute Gasteiger partial charge is 0.224 e. The summed E-state index contributed by atoms with van der Waals surface area (Å²) < 4.78 is 7.08. The van der Waals surface area contributed by atoms with Gasteiger partial charge in [0.2, 0.25) is 5.91 Å². The van der Waals surface area contributed by atoms with Crippen LogP contribution in [0.2, 0.25) is 0 Å². The summed E-state index contributed by atoms with van der Waals surface area (Å²) in [6.07, 6.45) is 1.13. The molecule has 0 saturated carbocycles. The molecule has 1 atom stereocenters. The quantitative estimate of drug-likeness (QED) is 0.827. The first-order valence-corrected chi connectivity index (χ1v) is 8.95. The molecule has 1 aliphatic rings. The van der Waals surface area contributed by atoms with Crippen LogP contribution in [0.4, 0.5) is 0 Å². The zero-order valence-corrected chi connectivity index (χ0v) is 15.8. The van der Waals surface area contributed by atoms with Crippen LogP contribution < -0.4 is 10.1 Å². The third kappa shape index (κ3) is 3.99. The Morgan fingerprint density at radius 2 is 2.08 bits per heavy atom. The molecule has 1 heterocycles. The van der Waals surface area contributed by atoms with Gasteiger partial charge in [0.05, 0.1) is 12.5 Å². The Morgan fingerprint density at radius 3 is 2.83 bits per heavy atom. The number of fused-ring (bicyclic) bond motifs is 1. The van der Waals surface area contributed by atoms with E-state index in [4.69, 9.17) is 4.74 Å². The molecular weight excluding hydrogens is 366 g/mol. The van der Waals surface area contributed by atoms with E-state index in [1.165, 1.54) is 0 Å². The standard InChI is InChI=1S/C20H22BrNO2/c1-13-7-8-16-17(12-20(2,3)24-18(16)9-13)22-19(23)11-14-5-4-6-15(21)10-14/h4-10,17H,11-12H2,1-3H3,(H,22,23)/t17-/m0/s1. The Bertz CT molecular complexity index is 770. The van der Waals surface area contributed by atoms with E-state index in [0.717, 1.165) is 33.3 Å². The number of benzene rings is 2. The SMILES string of the molecule is Cc1ccc2c(c1)OC(C)(C)C[C@@H]2NC(=O)Cc1cccc(Br)c1. The van der Waals surface area contributed by atoms with Crippen LogP contribution >= 0.6 is 15.9 Å². The van der Waals surface area contributed by atoms with Crippen molar-refractivity contribution in [3.05, 3.63) is 63.6 Å². The second kappa shape index (κ2) is 6.60. The van der Waals surface area contributed by atoms with Gasteiger partial charge in [0.15, 0.2) is 0 Å². The fourth-order valence-electron chi connectivity index (χ4n) is 3.17. The number of hydrogen-bond acceptors (Lipinski definition) is 2. The van der Waals surface area contributed by atoms with Gasteiger partial charge in [-0.05, 0) is 50.1 Å². The van der Waals surface area contributed by atoms with Crippen molar-refractivity contribution >= 4 is 21.8 Å². The third-order valence-electron chi connectivity index (χ3n) is 4.22. The van der Waals surface area contributed by atoms with Crippen molar-refractivity contribution < 1.29 is 9.53 Å². The lowest BCUT2D eigenvalue weighted by molar-refractivity contribution is -0.121. The second-order valence-electron chi connectivity index (χ2n) is 7.03. The van der Waals surface area contributed by atoms with Gasteiger partial charge in [-0.1, -0.05) is 40.2 Å². The Labute approximate surface area is 151 Å². The molecule has 126 valence electrons. The monoisotopic (exact) mass is 387 g/mol. The number of carbonyl (C=O) groups is 1. The maximum absolute atomic E-state index is 12.5. The van der Waals surface area contributed by atoms with E-state index < -0.39 is 0 Å². The average molecular weight is 388 g/mol. The van der Waals surface area contributed by atoms with E-state index in [-0.39, 0.29) is 17.6 Å². The summed E-state index contributed by atoms with van der Waals surface area (Å²) in [6, 6.07) is 14.0. The maximum atomic E-state index is 12.5. The van der Waals surface area contributed by atoms with Crippen LogP contribution in [0.25, 0.3) is 0 Å². The lowest BCUT2D eigenvalue weighted by Crippen LogP contribution is -2.41. The molecule has 4 heteroatoms. The molecule has 0 unspecified atom stereocenters. The van der Waals surface area contributed by atoms with Gasteiger partial charge in [-0.15, -0.1) is 0 Å². The van der Waals surface area contributed by atoms with Crippen molar-refractivity contribution in [1.82, 2.24) is 5.32 Å². The number of amides is 1. The van der Waals surface area contributed by atoms with E-state index in [9.17, 15) is 4.79 Å². The summed E-state index contributed by atoms with van der Waals surface area (Å²) in [5, 5.41) is 3.18. The third-order valence-corrected chi connectivity index (χ3v) is 4.71. The van der Waals surface area contributed by atoms with E-state index in [1.807, 2.05) is 37.3 Å². The fraction of sp³-hybridized carbons (Fsp3) is 0.350. The molecule has 2 aromatic carbocycles. The highest BCUT2D eigenvalue weighted by Crippen LogP contribution is 2.39. The molecule has 0 saturated heterocycles. The Morgan fingerprint density at radius 1 is 1.29 bits per heavy atom. The maximum Gasteiger partial charge on any atom is 0.224 e. The number of carbonyl (C=O) groups excluding carboxylic acids is 1. The molecule has 0 aliphatic carbocycles. The largest absolute Gasteiger partial charge is 0.487 e. The molecule has 24 heavy (non-hydrogen) atoms. The van der Waals surface area contributed by atoms with E-state index in [0.29, 0.717) is 6.42 Å². The minimum absolute atomic E-state index is 0.0241. The van der Waals surface area contributed by atoms with Gasteiger partial charge < -0.3 is 10.1 Å². The van der Waals surface area contributed by atoms with Crippen LogP contribution in [-0.4, -0.2) is 11.5 Å². The van der Waals surface area contributed by atoms with Gasteiger partial charge >= 0.3 is 0 Å². The molecule has 3 rings (SSSR count). The lowest BCUT2D eigenvalue weighted by atomic mass is 9.89. The summed E-state index contributed by atoms with van der Waals surface area (Å²) in [4.78, 5) is 12.5. The van der Waals surface area contributed by atoms with E-state index in [1.54, 1.807) is 0 Å². The summed E-state index contributed by atoms with van der Waals surface area (Å²) in [5.41, 5.74) is 2.92. The minimum Gasteiger partial charge on any atom is -0.487 e. The molecule has 2 aromatic rings. The number of halogens is 1. The Hall–Kier alpha value is -1.81. The topological polar surface area (TPSA) is 38.3 Å². The van der Waals surface area contributed by atoms with Crippen molar-refractivity contribution in [2.45, 2.75) is 45.3 Å². The molecule has 0 aromatic heterocycles. The molecule has 1 aliphatic heterocycles. The summed E-state index contributed by atoms with van der Waals surface area (Å²) >= 11 is 3.45. The molecule has 1 N–H and O–H groups in total. The Balaban J connectivity index is 1.78. The Kier molecular flexibility index (Phi) is 4.68. The van der Waals surface area contributed by atoms with E-state index >= 15 is 0 Å². The normalized spacial score (nSPS) is 18.4.